The zero-order chi connectivity index (χ0) is 20.4. The number of hydrogen-bond acceptors (Lipinski definition) is 5. The summed E-state index contributed by atoms with van der Waals surface area (Å²) in [5.74, 6) is -1.58. The van der Waals surface area contributed by atoms with Crippen LogP contribution in [0.25, 0.3) is 0 Å². The van der Waals surface area contributed by atoms with E-state index < -0.39 is 29.6 Å². The number of amides is 2. The number of benzene rings is 1. The van der Waals surface area contributed by atoms with Gasteiger partial charge in [0.15, 0.2) is 0 Å². The molecular formula is C20H29N3O4. The maximum Gasteiger partial charge on any atom is 0.329 e. The number of hydrogen-bond donors (Lipinski definition) is 1. The molecule has 0 spiro atoms. The Kier molecular flexibility index (Phi) is 6.26. The summed E-state index contributed by atoms with van der Waals surface area (Å²) in [5.41, 5.74) is 5.73. The van der Waals surface area contributed by atoms with E-state index in [0.29, 0.717) is 0 Å². The first-order valence-corrected chi connectivity index (χ1v) is 9.07. The van der Waals surface area contributed by atoms with E-state index in [1.807, 2.05) is 30.3 Å². The molecule has 0 aliphatic carbocycles. The summed E-state index contributed by atoms with van der Waals surface area (Å²) in [6.45, 7) is 5.07. The Labute approximate surface area is 160 Å². The van der Waals surface area contributed by atoms with Gasteiger partial charge in [-0.25, -0.2) is 4.79 Å². The first-order valence-electron chi connectivity index (χ1n) is 9.07. The van der Waals surface area contributed by atoms with Crippen molar-refractivity contribution in [3.8, 4) is 0 Å². The number of ether oxygens (including phenoxy) is 1. The number of carbonyl (C=O) groups is 3. The molecule has 7 heteroatoms. The van der Waals surface area contributed by atoms with E-state index in [2.05, 4.69) is 0 Å². The third kappa shape index (κ3) is 4.66. The highest BCUT2D eigenvalue weighted by Gasteiger charge is 2.51. The van der Waals surface area contributed by atoms with Crippen LogP contribution in [0.5, 0.6) is 0 Å². The van der Waals surface area contributed by atoms with Gasteiger partial charge >= 0.3 is 5.97 Å². The largest absolute Gasteiger partial charge is 0.458 e. The zero-order valence-electron chi connectivity index (χ0n) is 16.6. The third-order valence-corrected chi connectivity index (χ3v) is 4.53. The standard InChI is InChI=1S/C20H29N3O4/c1-20(2,3)27-19(26)15-11-14(18(25)22(4)5)17(23(15)16(24)12-21)13-9-7-6-8-10-13/h6-10,14-15,17H,11-12,21H2,1-5H3. The first-order chi connectivity index (χ1) is 12.6. The Morgan fingerprint density at radius 1 is 1.19 bits per heavy atom. The van der Waals surface area contributed by atoms with Crippen molar-refractivity contribution in [2.24, 2.45) is 11.7 Å². The molecule has 27 heavy (non-hydrogen) atoms. The average molecular weight is 375 g/mol. The van der Waals surface area contributed by atoms with Gasteiger partial charge in [0.05, 0.1) is 18.5 Å². The van der Waals surface area contributed by atoms with Gasteiger partial charge in [-0.3, -0.25) is 9.59 Å². The van der Waals surface area contributed by atoms with E-state index in [0.717, 1.165) is 5.56 Å². The second-order valence-electron chi connectivity index (χ2n) is 7.98. The lowest BCUT2D eigenvalue weighted by atomic mass is 9.92. The lowest BCUT2D eigenvalue weighted by molar-refractivity contribution is -0.164. The van der Waals surface area contributed by atoms with Crippen molar-refractivity contribution in [1.29, 1.82) is 0 Å². The molecule has 7 nitrogen and oxygen atoms in total. The van der Waals surface area contributed by atoms with Gasteiger partial charge in [0.1, 0.15) is 11.6 Å². The molecule has 3 unspecified atom stereocenters. The lowest BCUT2D eigenvalue weighted by Gasteiger charge is -2.32. The second kappa shape index (κ2) is 8.08. The molecule has 0 radical (unpaired) electrons. The van der Waals surface area contributed by atoms with E-state index in [1.54, 1.807) is 34.9 Å². The van der Waals surface area contributed by atoms with Gasteiger partial charge in [0.25, 0.3) is 0 Å². The van der Waals surface area contributed by atoms with E-state index in [9.17, 15) is 14.4 Å². The Morgan fingerprint density at radius 3 is 2.26 bits per heavy atom. The van der Waals surface area contributed by atoms with Crippen LogP contribution in [0.4, 0.5) is 0 Å². The summed E-state index contributed by atoms with van der Waals surface area (Å²) in [5, 5.41) is 0. The fourth-order valence-corrected chi connectivity index (χ4v) is 3.50. The van der Waals surface area contributed by atoms with Crippen molar-refractivity contribution in [3.63, 3.8) is 0 Å². The van der Waals surface area contributed by atoms with Gasteiger partial charge < -0.3 is 20.3 Å². The number of nitrogens with zero attached hydrogens (tertiary/aromatic N) is 2. The summed E-state index contributed by atoms with van der Waals surface area (Å²) in [7, 11) is 3.33. The Balaban J connectivity index is 2.51. The number of nitrogens with two attached hydrogens (primary N) is 1. The van der Waals surface area contributed by atoms with Crippen LogP contribution in [0.2, 0.25) is 0 Å². The smallest absolute Gasteiger partial charge is 0.329 e. The molecule has 2 N–H and O–H groups in total. The van der Waals surface area contributed by atoms with Crippen molar-refractivity contribution >= 4 is 17.8 Å². The van der Waals surface area contributed by atoms with Crippen molar-refractivity contribution in [2.75, 3.05) is 20.6 Å². The molecule has 1 aromatic carbocycles. The summed E-state index contributed by atoms with van der Waals surface area (Å²) in [4.78, 5) is 41.3. The fourth-order valence-electron chi connectivity index (χ4n) is 3.50. The monoisotopic (exact) mass is 375 g/mol. The number of rotatable bonds is 4. The third-order valence-electron chi connectivity index (χ3n) is 4.53. The molecule has 1 aromatic rings. The quantitative estimate of drug-likeness (QED) is 0.802. The van der Waals surface area contributed by atoms with E-state index >= 15 is 0 Å². The minimum atomic E-state index is -0.848. The fraction of sp³-hybridized carbons (Fsp3) is 0.550. The van der Waals surface area contributed by atoms with E-state index in [4.69, 9.17) is 10.5 Å². The topological polar surface area (TPSA) is 92.9 Å². The van der Waals surface area contributed by atoms with Crippen LogP contribution in [0.3, 0.4) is 0 Å². The van der Waals surface area contributed by atoms with Gasteiger partial charge in [-0.15, -0.1) is 0 Å². The number of esters is 1. The van der Waals surface area contributed by atoms with Crippen molar-refractivity contribution in [2.45, 2.75) is 44.9 Å². The highest BCUT2D eigenvalue weighted by molar-refractivity contribution is 5.90. The number of likely N-dealkylation sites (tertiary alicyclic amines) is 1. The zero-order valence-corrected chi connectivity index (χ0v) is 16.6. The molecule has 3 atom stereocenters. The van der Waals surface area contributed by atoms with Gasteiger partial charge in [-0.05, 0) is 32.8 Å². The predicted molar refractivity (Wildman–Crippen MR) is 102 cm³/mol. The molecule has 0 saturated carbocycles. The molecule has 1 fully saturated rings. The van der Waals surface area contributed by atoms with Gasteiger partial charge in [-0.1, -0.05) is 30.3 Å². The lowest BCUT2D eigenvalue weighted by Crippen LogP contribution is -2.47. The number of carbonyl (C=O) groups excluding carboxylic acids is 3. The summed E-state index contributed by atoms with van der Waals surface area (Å²) in [6, 6.07) is 7.86. The molecular weight excluding hydrogens is 346 g/mol. The van der Waals surface area contributed by atoms with Gasteiger partial charge in [0.2, 0.25) is 11.8 Å². The SMILES string of the molecule is CN(C)C(=O)C1CC(C(=O)OC(C)(C)C)N(C(=O)CN)C1c1ccccc1. The Morgan fingerprint density at radius 2 is 1.78 bits per heavy atom. The van der Waals surface area contributed by atoms with Crippen LogP contribution in [0.15, 0.2) is 30.3 Å². The second-order valence-corrected chi connectivity index (χ2v) is 7.98. The highest BCUT2D eigenvalue weighted by Crippen LogP contribution is 2.42. The normalized spacial score (nSPS) is 22.4. The van der Waals surface area contributed by atoms with Gasteiger partial charge in [-0.2, -0.15) is 0 Å². The molecule has 148 valence electrons. The van der Waals surface area contributed by atoms with Crippen molar-refractivity contribution in [3.05, 3.63) is 35.9 Å². The van der Waals surface area contributed by atoms with E-state index in [-0.39, 0.29) is 24.8 Å². The summed E-state index contributed by atoms with van der Waals surface area (Å²) in [6.07, 6.45) is 0.206. The average Bonchev–Trinajstić information content (AvgIpc) is 3.00. The first kappa shape index (κ1) is 20.9. The van der Waals surface area contributed by atoms with Crippen molar-refractivity contribution in [1.82, 2.24) is 9.80 Å². The molecule has 2 amide bonds. The van der Waals surface area contributed by atoms with Crippen LogP contribution in [0.1, 0.15) is 38.8 Å². The van der Waals surface area contributed by atoms with Crippen LogP contribution in [0, 0.1) is 5.92 Å². The molecule has 1 aliphatic heterocycles. The van der Waals surface area contributed by atoms with E-state index in [1.165, 1.54) is 9.80 Å². The molecule has 1 heterocycles. The molecule has 2 rings (SSSR count). The Hall–Kier alpha value is -2.41. The molecule has 1 saturated heterocycles. The Bertz CT molecular complexity index is 697. The highest BCUT2D eigenvalue weighted by atomic mass is 16.6. The van der Waals surface area contributed by atoms with Crippen molar-refractivity contribution < 1.29 is 19.1 Å². The maximum atomic E-state index is 12.8. The summed E-state index contributed by atoms with van der Waals surface area (Å²) < 4.78 is 5.52. The minimum Gasteiger partial charge on any atom is -0.458 e. The minimum absolute atomic E-state index is 0.135. The van der Waals surface area contributed by atoms with Crippen LogP contribution in [-0.4, -0.2) is 59.9 Å². The van der Waals surface area contributed by atoms with Crippen LogP contribution < -0.4 is 5.73 Å². The molecule has 0 bridgehead atoms. The molecule has 0 aromatic heterocycles. The van der Waals surface area contributed by atoms with Crippen LogP contribution >= 0.6 is 0 Å². The van der Waals surface area contributed by atoms with Crippen LogP contribution in [-0.2, 0) is 19.1 Å². The predicted octanol–water partition coefficient (Wildman–Crippen LogP) is 1.33. The summed E-state index contributed by atoms with van der Waals surface area (Å²) >= 11 is 0. The maximum absolute atomic E-state index is 12.8. The molecule has 1 aliphatic rings. The van der Waals surface area contributed by atoms with Gasteiger partial charge in [0, 0.05) is 14.1 Å².